The van der Waals surface area contributed by atoms with Gasteiger partial charge in [0, 0.05) is 11.6 Å². The molecule has 0 aromatic heterocycles. The van der Waals surface area contributed by atoms with Crippen LogP contribution in [0.2, 0.25) is 0 Å². The average Bonchev–Trinajstić information content (AvgIpc) is 2.41. The molecule has 0 spiro atoms. The minimum Gasteiger partial charge on any atom is -0.490 e. The summed E-state index contributed by atoms with van der Waals surface area (Å²) in [6.07, 6.45) is 5.40. The van der Waals surface area contributed by atoms with Gasteiger partial charge in [-0.3, -0.25) is 0 Å². The Kier molecular flexibility index (Phi) is 4.65. The van der Waals surface area contributed by atoms with Crippen molar-refractivity contribution in [2.75, 3.05) is 7.05 Å². The Morgan fingerprint density at radius 1 is 1.17 bits per heavy atom. The van der Waals surface area contributed by atoms with Gasteiger partial charge in [-0.05, 0) is 51.6 Å². The van der Waals surface area contributed by atoms with E-state index in [1.165, 1.54) is 31.2 Å². The molecule has 1 atom stereocenters. The monoisotopic (exact) mass is 247 g/mol. The molecule has 0 heterocycles. The van der Waals surface area contributed by atoms with Gasteiger partial charge in [0.25, 0.3) is 0 Å². The van der Waals surface area contributed by atoms with Gasteiger partial charge < -0.3 is 10.1 Å². The Bertz CT molecular complexity index is 369. The Hall–Kier alpha value is -1.02. The van der Waals surface area contributed by atoms with Gasteiger partial charge in [-0.2, -0.15) is 0 Å². The molecule has 0 amide bonds. The first kappa shape index (κ1) is 13.4. The number of para-hydroxylation sites is 1. The van der Waals surface area contributed by atoms with Gasteiger partial charge in [0.2, 0.25) is 0 Å². The zero-order valence-corrected chi connectivity index (χ0v) is 11.8. The fourth-order valence-electron chi connectivity index (χ4n) is 2.63. The van der Waals surface area contributed by atoms with Crippen LogP contribution in [0.25, 0.3) is 0 Å². The standard InChI is InChI=1S/C16H25NO/c1-12-8-10-14(11-9-12)18-16-7-5-4-6-15(16)13(2)17-3/h4-7,12-14,17H,8-11H2,1-3H3. The first-order chi connectivity index (χ1) is 8.70. The van der Waals surface area contributed by atoms with E-state index in [1.54, 1.807) is 0 Å². The van der Waals surface area contributed by atoms with Crippen LogP contribution in [0.1, 0.15) is 51.1 Å². The van der Waals surface area contributed by atoms with E-state index < -0.39 is 0 Å². The van der Waals surface area contributed by atoms with Gasteiger partial charge in [0.1, 0.15) is 5.75 Å². The van der Waals surface area contributed by atoms with E-state index in [2.05, 4.69) is 43.4 Å². The van der Waals surface area contributed by atoms with Crippen LogP contribution in [-0.2, 0) is 0 Å². The van der Waals surface area contributed by atoms with Crippen molar-refractivity contribution < 1.29 is 4.74 Å². The highest BCUT2D eigenvalue weighted by Crippen LogP contribution is 2.30. The molecule has 1 unspecified atom stereocenters. The van der Waals surface area contributed by atoms with Crippen molar-refractivity contribution in [3.8, 4) is 5.75 Å². The predicted molar refractivity (Wildman–Crippen MR) is 76.0 cm³/mol. The van der Waals surface area contributed by atoms with Crippen LogP contribution in [0, 0.1) is 5.92 Å². The predicted octanol–water partition coefficient (Wildman–Crippen LogP) is 3.92. The first-order valence-corrected chi connectivity index (χ1v) is 7.13. The van der Waals surface area contributed by atoms with Gasteiger partial charge in [-0.25, -0.2) is 0 Å². The SMILES string of the molecule is CNC(C)c1ccccc1OC1CCC(C)CC1. The smallest absolute Gasteiger partial charge is 0.124 e. The molecule has 0 saturated heterocycles. The fraction of sp³-hybridized carbons (Fsp3) is 0.625. The third-order valence-corrected chi connectivity index (χ3v) is 4.08. The number of rotatable bonds is 4. The van der Waals surface area contributed by atoms with Crippen molar-refractivity contribution in [3.05, 3.63) is 29.8 Å². The maximum atomic E-state index is 6.22. The second kappa shape index (κ2) is 6.24. The first-order valence-electron chi connectivity index (χ1n) is 7.13. The topological polar surface area (TPSA) is 21.3 Å². The largest absolute Gasteiger partial charge is 0.490 e. The number of hydrogen-bond acceptors (Lipinski definition) is 2. The highest BCUT2D eigenvalue weighted by atomic mass is 16.5. The fourth-order valence-corrected chi connectivity index (χ4v) is 2.63. The second-order valence-electron chi connectivity index (χ2n) is 5.55. The molecule has 1 aliphatic rings. The zero-order valence-electron chi connectivity index (χ0n) is 11.8. The van der Waals surface area contributed by atoms with Crippen LogP contribution < -0.4 is 10.1 Å². The zero-order chi connectivity index (χ0) is 13.0. The Morgan fingerprint density at radius 2 is 1.83 bits per heavy atom. The van der Waals surface area contributed by atoms with Crippen LogP contribution in [0.4, 0.5) is 0 Å². The minimum atomic E-state index is 0.337. The van der Waals surface area contributed by atoms with Crippen LogP contribution in [0.5, 0.6) is 5.75 Å². The van der Waals surface area contributed by atoms with Crippen LogP contribution >= 0.6 is 0 Å². The molecule has 100 valence electrons. The van der Waals surface area contributed by atoms with Gasteiger partial charge >= 0.3 is 0 Å². The third kappa shape index (κ3) is 3.26. The van der Waals surface area contributed by atoms with Crippen LogP contribution in [0.3, 0.4) is 0 Å². The van der Waals surface area contributed by atoms with Crippen molar-refractivity contribution in [1.29, 1.82) is 0 Å². The van der Waals surface area contributed by atoms with E-state index in [1.807, 2.05) is 7.05 Å². The summed E-state index contributed by atoms with van der Waals surface area (Å²) in [5.41, 5.74) is 1.26. The molecule has 0 radical (unpaired) electrons. The molecular weight excluding hydrogens is 222 g/mol. The Morgan fingerprint density at radius 3 is 2.50 bits per heavy atom. The van der Waals surface area contributed by atoms with E-state index >= 15 is 0 Å². The normalized spacial score (nSPS) is 25.7. The number of nitrogens with one attached hydrogen (secondary N) is 1. The van der Waals surface area contributed by atoms with E-state index in [0.717, 1.165) is 11.7 Å². The van der Waals surface area contributed by atoms with Crippen molar-refractivity contribution in [3.63, 3.8) is 0 Å². The number of hydrogen-bond donors (Lipinski definition) is 1. The molecule has 1 N–H and O–H groups in total. The summed E-state index contributed by atoms with van der Waals surface area (Å²) >= 11 is 0. The molecular formula is C16H25NO. The lowest BCUT2D eigenvalue weighted by molar-refractivity contribution is 0.133. The summed E-state index contributed by atoms with van der Waals surface area (Å²) in [6, 6.07) is 8.73. The average molecular weight is 247 g/mol. The molecule has 1 aromatic rings. The van der Waals surface area contributed by atoms with Crippen LogP contribution in [0.15, 0.2) is 24.3 Å². The molecule has 1 saturated carbocycles. The molecule has 0 bridgehead atoms. The second-order valence-corrected chi connectivity index (χ2v) is 5.55. The highest BCUT2D eigenvalue weighted by Gasteiger charge is 2.21. The summed E-state index contributed by atoms with van der Waals surface area (Å²) < 4.78 is 6.22. The Labute approximate surface area is 111 Å². The van der Waals surface area contributed by atoms with Gasteiger partial charge in [-0.15, -0.1) is 0 Å². The summed E-state index contributed by atoms with van der Waals surface area (Å²) in [4.78, 5) is 0. The van der Waals surface area contributed by atoms with Gasteiger partial charge in [0.15, 0.2) is 0 Å². The molecule has 2 rings (SSSR count). The maximum absolute atomic E-state index is 6.22. The molecule has 18 heavy (non-hydrogen) atoms. The molecule has 2 heteroatoms. The number of benzene rings is 1. The molecule has 1 fully saturated rings. The van der Waals surface area contributed by atoms with Crippen LogP contribution in [-0.4, -0.2) is 13.2 Å². The molecule has 1 aromatic carbocycles. The lowest BCUT2D eigenvalue weighted by Gasteiger charge is -2.28. The third-order valence-electron chi connectivity index (χ3n) is 4.08. The lowest BCUT2D eigenvalue weighted by Crippen LogP contribution is -2.24. The maximum Gasteiger partial charge on any atom is 0.124 e. The van der Waals surface area contributed by atoms with Crippen molar-refractivity contribution in [2.24, 2.45) is 5.92 Å². The molecule has 0 aliphatic heterocycles. The Balaban J connectivity index is 2.04. The molecule has 1 aliphatic carbocycles. The minimum absolute atomic E-state index is 0.337. The lowest BCUT2D eigenvalue weighted by atomic mass is 9.89. The summed E-state index contributed by atoms with van der Waals surface area (Å²) in [5.74, 6) is 1.93. The van der Waals surface area contributed by atoms with Crippen molar-refractivity contribution >= 4 is 0 Å². The highest BCUT2D eigenvalue weighted by molar-refractivity contribution is 5.35. The van der Waals surface area contributed by atoms with Crippen molar-refractivity contribution in [1.82, 2.24) is 5.32 Å². The van der Waals surface area contributed by atoms with E-state index in [0.29, 0.717) is 12.1 Å². The van der Waals surface area contributed by atoms with E-state index in [-0.39, 0.29) is 0 Å². The summed E-state index contributed by atoms with van der Waals surface area (Å²) in [6.45, 7) is 4.51. The van der Waals surface area contributed by atoms with E-state index in [4.69, 9.17) is 4.74 Å². The molecule has 2 nitrogen and oxygen atoms in total. The quantitative estimate of drug-likeness (QED) is 0.870. The summed E-state index contributed by atoms with van der Waals surface area (Å²) in [7, 11) is 1.99. The van der Waals surface area contributed by atoms with Gasteiger partial charge in [0.05, 0.1) is 6.10 Å². The summed E-state index contributed by atoms with van der Waals surface area (Å²) in [5, 5.41) is 3.29. The number of ether oxygens (including phenoxy) is 1. The van der Waals surface area contributed by atoms with Crippen molar-refractivity contribution in [2.45, 2.75) is 51.7 Å². The van der Waals surface area contributed by atoms with E-state index in [9.17, 15) is 0 Å². The van der Waals surface area contributed by atoms with Gasteiger partial charge in [-0.1, -0.05) is 25.1 Å².